The molecule has 0 aliphatic carbocycles. The van der Waals surface area contributed by atoms with Gasteiger partial charge in [-0.05, 0) is 23.6 Å². The molecular formula is C17H22N2O. The highest BCUT2D eigenvalue weighted by atomic mass is 16.3. The van der Waals surface area contributed by atoms with E-state index in [1.54, 1.807) is 0 Å². The first-order valence-electron chi connectivity index (χ1n) is 7.33. The van der Waals surface area contributed by atoms with E-state index >= 15 is 0 Å². The van der Waals surface area contributed by atoms with E-state index in [0.717, 1.165) is 35.2 Å². The van der Waals surface area contributed by atoms with E-state index < -0.39 is 0 Å². The van der Waals surface area contributed by atoms with Crippen LogP contribution in [0.25, 0.3) is 10.8 Å². The average molecular weight is 270 g/mol. The molecule has 1 fully saturated rings. The van der Waals surface area contributed by atoms with Crippen molar-refractivity contribution in [3.05, 3.63) is 36.0 Å². The molecule has 20 heavy (non-hydrogen) atoms. The molecule has 3 nitrogen and oxygen atoms in total. The van der Waals surface area contributed by atoms with Crippen LogP contribution in [-0.2, 0) is 6.61 Å². The Kier molecular flexibility index (Phi) is 3.38. The van der Waals surface area contributed by atoms with Crippen LogP contribution >= 0.6 is 0 Å². The number of benzene rings is 1. The molecule has 0 saturated carbocycles. The van der Waals surface area contributed by atoms with Gasteiger partial charge in [0.1, 0.15) is 5.82 Å². The number of pyridine rings is 1. The van der Waals surface area contributed by atoms with Gasteiger partial charge in [0.05, 0.1) is 6.61 Å². The first-order chi connectivity index (χ1) is 9.61. The molecule has 1 aromatic heterocycles. The number of hydrogen-bond donors (Lipinski definition) is 1. The Labute approximate surface area is 120 Å². The third-order valence-electron chi connectivity index (χ3n) is 4.44. The molecule has 1 aliphatic rings. The van der Waals surface area contributed by atoms with E-state index in [9.17, 15) is 5.11 Å². The lowest BCUT2D eigenvalue weighted by atomic mass is 9.82. The highest BCUT2D eigenvalue weighted by molar-refractivity contribution is 5.94. The smallest absolute Gasteiger partial charge is 0.136 e. The number of rotatable bonds is 2. The number of hydrogen-bond acceptors (Lipinski definition) is 3. The molecule has 1 saturated heterocycles. The molecule has 3 heteroatoms. The summed E-state index contributed by atoms with van der Waals surface area (Å²) >= 11 is 0. The van der Waals surface area contributed by atoms with Crippen molar-refractivity contribution in [3.63, 3.8) is 0 Å². The summed E-state index contributed by atoms with van der Waals surface area (Å²) in [5, 5.41) is 11.7. The Bertz CT molecular complexity index is 611. The standard InChI is InChI=1S/C17H22N2O/c1-17(2)7-9-19(10-8-17)16-15-6-4-3-5-14(15)13(12-20)11-18-16/h3-6,11,20H,7-10,12H2,1-2H3. The molecule has 2 aromatic rings. The number of nitrogens with zero attached hydrogens (tertiary/aromatic N) is 2. The van der Waals surface area contributed by atoms with Gasteiger partial charge in [-0.25, -0.2) is 4.98 Å². The Morgan fingerprint density at radius 1 is 1.15 bits per heavy atom. The summed E-state index contributed by atoms with van der Waals surface area (Å²) in [7, 11) is 0. The van der Waals surface area contributed by atoms with Crippen LogP contribution in [0.4, 0.5) is 5.82 Å². The monoisotopic (exact) mass is 270 g/mol. The largest absolute Gasteiger partial charge is 0.392 e. The van der Waals surface area contributed by atoms with Crippen LogP contribution in [-0.4, -0.2) is 23.2 Å². The molecule has 0 atom stereocenters. The molecule has 0 amide bonds. The Morgan fingerprint density at radius 2 is 1.80 bits per heavy atom. The van der Waals surface area contributed by atoms with E-state index in [-0.39, 0.29) is 6.61 Å². The lowest BCUT2D eigenvalue weighted by Gasteiger charge is -2.38. The quantitative estimate of drug-likeness (QED) is 0.909. The summed E-state index contributed by atoms with van der Waals surface area (Å²) in [6.07, 6.45) is 4.22. The zero-order valence-electron chi connectivity index (χ0n) is 12.3. The van der Waals surface area contributed by atoms with Crippen LogP contribution in [0.1, 0.15) is 32.3 Å². The van der Waals surface area contributed by atoms with Gasteiger partial charge in [0.15, 0.2) is 0 Å². The zero-order chi connectivity index (χ0) is 14.2. The molecule has 0 spiro atoms. The summed E-state index contributed by atoms with van der Waals surface area (Å²) in [6, 6.07) is 8.24. The fraction of sp³-hybridized carbons (Fsp3) is 0.471. The van der Waals surface area contributed by atoms with Gasteiger partial charge in [0.25, 0.3) is 0 Å². The van der Waals surface area contributed by atoms with Gasteiger partial charge >= 0.3 is 0 Å². The molecule has 1 N–H and O–H groups in total. The molecule has 2 heterocycles. The minimum atomic E-state index is 0.0425. The van der Waals surface area contributed by atoms with Gasteiger partial charge in [-0.2, -0.15) is 0 Å². The molecule has 0 radical (unpaired) electrons. The van der Waals surface area contributed by atoms with Crippen molar-refractivity contribution in [1.29, 1.82) is 0 Å². The van der Waals surface area contributed by atoms with Gasteiger partial charge in [-0.3, -0.25) is 0 Å². The van der Waals surface area contributed by atoms with Crippen molar-refractivity contribution in [1.82, 2.24) is 4.98 Å². The number of aliphatic hydroxyl groups excluding tert-OH is 1. The van der Waals surface area contributed by atoms with Crippen LogP contribution in [0, 0.1) is 5.41 Å². The minimum Gasteiger partial charge on any atom is -0.392 e. The van der Waals surface area contributed by atoms with Crippen LogP contribution in [0.3, 0.4) is 0 Å². The summed E-state index contributed by atoms with van der Waals surface area (Å²) in [6.45, 7) is 6.83. The maximum Gasteiger partial charge on any atom is 0.136 e. The summed E-state index contributed by atoms with van der Waals surface area (Å²) in [4.78, 5) is 7.00. The second kappa shape index (κ2) is 5.06. The average Bonchev–Trinajstić information content (AvgIpc) is 2.46. The molecular weight excluding hydrogens is 248 g/mol. The second-order valence-electron chi connectivity index (χ2n) is 6.46. The lowest BCUT2D eigenvalue weighted by Crippen LogP contribution is -2.37. The fourth-order valence-electron chi connectivity index (χ4n) is 2.94. The van der Waals surface area contributed by atoms with Gasteiger partial charge in [0.2, 0.25) is 0 Å². The minimum absolute atomic E-state index is 0.0425. The van der Waals surface area contributed by atoms with Crippen molar-refractivity contribution in [2.24, 2.45) is 5.41 Å². The summed E-state index contributed by atoms with van der Waals surface area (Å²) in [5.41, 5.74) is 1.35. The number of aromatic nitrogens is 1. The molecule has 0 unspecified atom stereocenters. The van der Waals surface area contributed by atoms with Gasteiger partial charge in [0, 0.05) is 30.2 Å². The van der Waals surface area contributed by atoms with Crippen LogP contribution < -0.4 is 4.90 Å². The van der Waals surface area contributed by atoms with Gasteiger partial charge in [-0.1, -0.05) is 38.1 Å². The normalized spacial score (nSPS) is 18.4. The highest BCUT2D eigenvalue weighted by Crippen LogP contribution is 2.34. The van der Waals surface area contributed by atoms with Crippen molar-refractivity contribution in [2.45, 2.75) is 33.3 Å². The third-order valence-corrected chi connectivity index (χ3v) is 4.44. The maximum atomic E-state index is 9.45. The highest BCUT2D eigenvalue weighted by Gasteiger charge is 2.26. The molecule has 1 aliphatic heterocycles. The first kappa shape index (κ1) is 13.4. The van der Waals surface area contributed by atoms with E-state index in [4.69, 9.17) is 0 Å². The van der Waals surface area contributed by atoms with Crippen molar-refractivity contribution in [2.75, 3.05) is 18.0 Å². The van der Waals surface area contributed by atoms with Crippen LogP contribution in [0.2, 0.25) is 0 Å². The summed E-state index contributed by atoms with van der Waals surface area (Å²) < 4.78 is 0. The van der Waals surface area contributed by atoms with Gasteiger partial charge in [-0.15, -0.1) is 0 Å². The topological polar surface area (TPSA) is 36.4 Å². The SMILES string of the molecule is CC1(C)CCN(c2ncc(CO)c3ccccc23)CC1. The Morgan fingerprint density at radius 3 is 2.45 bits per heavy atom. The number of aliphatic hydroxyl groups is 1. The third kappa shape index (κ3) is 2.38. The zero-order valence-corrected chi connectivity index (χ0v) is 12.3. The van der Waals surface area contributed by atoms with E-state index in [1.807, 2.05) is 18.3 Å². The summed E-state index contributed by atoms with van der Waals surface area (Å²) in [5.74, 6) is 1.06. The number of fused-ring (bicyclic) bond motifs is 1. The van der Waals surface area contributed by atoms with E-state index in [1.165, 1.54) is 12.8 Å². The molecule has 0 bridgehead atoms. The van der Waals surface area contributed by atoms with Crippen molar-refractivity contribution in [3.8, 4) is 0 Å². The van der Waals surface area contributed by atoms with Crippen molar-refractivity contribution >= 4 is 16.6 Å². The second-order valence-corrected chi connectivity index (χ2v) is 6.46. The van der Waals surface area contributed by atoms with Crippen molar-refractivity contribution < 1.29 is 5.11 Å². The van der Waals surface area contributed by atoms with E-state index in [2.05, 4.69) is 35.9 Å². The number of piperidine rings is 1. The van der Waals surface area contributed by atoms with Gasteiger partial charge < -0.3 is 10.0 Å². The number of anilines is 1. The molecule has 106 valence electrons. The molecule has 1 aromatic carbocycles. The van der Waals surface area contributed by atoms with Crippen LogP contribution in [0.5, 0.6) is 0 Å². The molecule has 3 rings (SSSR count). The first-order valence-corrected chi connectivity index (χ1v) is 7.33. The fourth-order valence-corrected chi connectivity index (χ4v) is 2.94. The van der Waals surface area contributed by atoms with Crippen LogP contribution in [0.15, 0.2) is 30.5 Å². The van der Waals surface area contributed by atoms with E-state index in [0.29, 0.717) is 5.41 Å². The Hall–Kier alpha value is -1.61. The lowest BCUT2D eigenvalue weighted by molar-refractivity contribution is 0.279. The predicted molar refractivity (Wildman–Crippen MR) is 82.9 cm³/mol. The predicted octanol–water partition coefficient (Wildman–Crippen LogP) is 3.35. The maximum absolute atomic E-state index is 9.45. The Balaban J connectivity index is 2.01.